The van der Waals surface area contributed by atoms with Crippen LogP contribution in [0.1, 0.15) is 55.5 Å². The molecule has 1 aromatic heterocycles. The van der Waals surface area contributed by atoms with E-state index < -0.39 is 0 Å². The minimum Gasteiger partial charge on any atom is -0.491 e. The molecule has 0 unspecified atom stereocenters. The highest BCUT2D eigenvalue weighted by molar-refractivity contribution is 5.83. The first-order valence-electron chi connectivity index (χ1n) is 13.4. The maximum absolute atomic E-state index is 13.4. The Morgan fingerprint density at radius 1 is 1.06 bits per heavy atom. The molecule has 184 valence electrons. The summed E-state index contributed by atoms with van der Waals surface area (Å²) in [7, 11) is 0. The van der Waals surface area contributed by atoms with Crippen molar-refractivity contribution < 1.29 is 9.53 Å². The van der Waals surface area contributed by atoms with Gasteiger partial charge in [-0.25, -0.2) is 4.98 Å². The minimum absolute atomic E-state index is 0.0889. The van der Waals surface area contributed by atoms with Gasteiger partial charge in [-0.05, 0) is 99.5 Å². The molecule has 4 aliphatic rings. The number of nitrogens with zero attached hydrogens (tertiary/aromatic N) is 2. The summed E-state index contributed by atoms with van der Waals surface area (Å²) in [6.45, 7) is 6.12. The first-order valence-corrected chi connectivity index (χ1v) is 13.4. The number of carbonyl (C=O) groups excluding carboxylic acids is 1. The Morgan fingerprint density at radius 2 is 1.77 bits per heavy atom. The van der Waals surface area contributed by atoms with Crippen LogP contribution in [0.25, 0.3) is 11.0 Å². The number of amides is 1. The van der Waals surface area contributed by atoms with Crippen LogP contribution >= 0.6 is 0 Å². The maximum Gasteiger partial charge on any atom is 0.226 e. The number of rotatable bonds is 8. The van der Waals surface area contributed by atoms with Crippen LogP contribution in [0.4, 0.5) is 0 Å². The summed E-state index contributed by atoms with van der Waals surface area (Å²) in [5.41, 5.74) is 4.39. The number of nitrogens with one attached hydrogen (secondary N) is 1. The SMILES string of the molecule is Cc1ccc(C)c(OCCn2c(CCNC(=O)C34CC5CC(CC(C5)C3)C4)nc3ccccc32)c1. The molecule has 0 spiro atoms. The fourth-order valence-electron chi connectivity index (χ4n) is 7.54. The highest BCUT2D eigenvalue weighted by atomic mass is 16.5. The van der Waals surface area contributed by atoms with E-state index >= 15 is 0 Å². The number of aromatic nitrogens is 2. The first-order chi connectivity index (χ1) is 17.0. The highest BCUT2D eigenvalue weighted by Gasteiger charge is 2.54. The lowest BCUT2D eigenvalue weighted by atomic mass is 9.49. The van der Waals surface area contributed by atoms with Gasteiger partial charge in [0.1, 0.15) is 18.2 Å². The molecular weight excluding hydrogens is 434 g/mol. The molecule has 5 heteroatoms. The van der Waals surface area contributed by atoms with Crippen molar-refractivity contribution >= 4 is 16.9 Å². The molecule has 2 aromatic carbocycles. The first kappa shape index (κ1) is 22.6. The summed E-state index contributed by atoms with van der Waals surface area (Å²) in [5, 5.41) is 3.33. The average molecular weight is 472 g/mol. The molecule has 4 fully saturated rings. The van der Waals surface area contributed by atoms with E-state index in [-0.39, 0.29) is 5.41 Å². The third kappa shape index (κ3) is 4.34. The zero-order chi connectivity index (χ0) is 24.0. The second kappa shape index (κ2) is 9.00. The number of para-hydroxylation sites is 2. The highest BCUT2D eigenvalue weighted by Crippen LogP contribution is 2.60. The Kier molecular flexibility index (Phi) is 5.82. The zero-order valence-corrected chi connectivity index (χ0v) is 21.1. The summed E-state index contributed by atoms with van der Waals surface area (Å²) in [4.78, 5) is 18.3. The predicted octanol–water partition coefficient (Wildman–Crippen LogP) is 5.61. The van der Waals surface area contributed by atoms with Gasteiger partial charge in [0.2, 0.25) is 5.91 Å². The van der Waals surface area contributed by atoms with Crippen LogP contribution in [0.5, 0.6) is 5.75 Å². The maximum atomic E-state index is 13.4. The van der Waals surface area contributed by atoms with E-state index in [4.69, 9.17) is 9.72 Å². The standard InChI is InChI=1S/C30H37N3O2/c1-20-7-8-21(2)27(13-20)35-12-11-33-26-6-4-3-5-25(26)32-28(33)9-10-31-29(34)30-17-22-14-23(18-30)16-24(15-22)19-30/h3-8,13,22-24H,9-12,14-19H2,1-2H3,(H,31,34). The van der Waals surface area contributed by atoms with Gasteiger partial charge in [0, 0.05) is 18.4 Å². The Bertz CT molecular complexity index is 1210. The van der Waals surface area contributed by atoms with Crippen molar-refractivity contribution in [3.63, 3.8) is 0 Å². The van der Waals surface area contributed by atoms with Gasteiger partial charge >= 0.3 is 0 Å². The van der Waals surface area contributed by atoms with Gasteiger partial charge in [-0.3, -0.25) is 4.79 Å². The van der Waals surface area contributed by atoms with E-state index in [0.717, 1.165) is 78.2 Å². The number of hydrogen-bond donors (Lipinski definition) is 1. The molecule has 3 aromatic rings. The van der Waals surface area contributed by atoms with Crippen molar-refractivity contribution in [3.05, 3.63) is 59.4 Å². The normalized spacial score (nSPS) is 26.9. The lowest BCUT2D eigenvalue weighted by molar-refractivity contribution is -0.146. The van der Waals surface area contributed by atoms with Crippen LogP contribution in [-0.2, 0) is 17.8 Å². The van der Waals surface area contributed by atoms with Crippen LogP contribution in [0.15, 0.2) is 42.5 Å². The second-order valence-electron chi connectivity index (χ2n) is 11.5. The van der Waals surface area contributed by atoms with Gasteiger partial charge in [-0.1, -0.05) is 24.3 Å². The molecule has 4 bridgehead atoms. The number of imidazole rings is 1. The fourth-order valence-corrected chi connectivity index (χ4v) is 7.54. The Labute approximate surface area is 208 Å². The molecule has 0 atom stereocenters. The van der Waals surface area contributed by atoms with Crippen molar-refractivity contribution in [3.8, 4) is 5.75 Å². The van der Waals surface area contributed by atoms with E-state index in [1.807, 2.05) is 6.07 Å². The lowest BCUT2D eigenvalue weighted by Crippen LogP contribution is -2.53. The van der Waals surface area contributed by atoms with E-state index in [1.165, 1.54) is 24.8 Å². The van der Waals surface area contributed by atoms with Gasteiger partial charge in [0.05, 0.1) is 17.6 Å². The molecule has 4 saturated carbocycles. The smallest absolute Gasteiger partial charge is 0.226 e. The summed E-state index contributed by atoms with van der Waals surface area (Å²) in [6, 6.07) is 14.6. The van der Waals surface area contributed by atoms with Crippen LogP contribution in [0.3, 0.4) is 0 Å². The van der Waals surface area contributed by atoms with E-state index in [1.54, 1.807) is 0 Å². The molecule has 0 saturated heterocycles. The lowest BCUT2D eigenvalue weighted by Gasteiger charge is -2.55. The number of aryl methyl sites for hydroxylation is 2. The summed E-state index contributed by atoms with van der Waals surface area (Å²) < 4.78 is 8.42. The molecule has 0 radical (unpaired) electrons. The molecule has 0 aliphatic heterocycles. The van der Waals surface area contributed by atoms with Gasteiger partial charge in [-0.15, -0.1) is 0 Å². The Hall–Kier alpha value is -2.82. The molecule has 5 nitrogen and oxygen atoms in total. The molecule has 1 amide bonds. The third-order valence-corrected chi connectivity index (χ3v) is 8.80. The van der Waals surface area contributed by atoms with Crippen molar-refractivity contribution in [2.45, 2.75) is 65.3 Å². The molecule has 4 aliphatic carbocycles. The fraction of sp³-hybridized carbons (Fsp3) is 0.533. The number of ether oxygens (including phenoxy) is 1. The Balaban J connectivity index is 1.12. The van der Waals surface area contributed by atoms with E-state index in [2.05, 4.69) is 60.1 Å². The minimum atomic E-state index is -0.0889. The van der Waals surface area contributed by atoms with Gasteiger partial charge < -0.3 is 14.6 Å². The number of benzene rings is 2. The number of carbonyl (C=O) groups is 1. The van der Waals surface area contributed by atoms with Crippen molar-refractivity contribution in [1.29, 1.82) is 0 Å². The van der Waals surface area contributed by atoms with Crippen molar-refractivity contribution in [2.24, 2.45) is 23.2 Å². The van der Waals surface area contributed by atoms with Crippen LogP contribution in [0.2, 0.25) is 0 Å². The zero-order valence-electron chi connectivity index (χ0n) is 21.1. The van der Waals surface area contributed by atoms with Gasteiger partial charge in [-0.2, -0.15) is 0 Å². The van der Waals surface area contributed by atoms with Crippen LogP contribution in [0, 0.1) is 37.0 Å². The molecule has 1 heterocycles. The topological polar surface area (TPSA) is 56.1 Å². The predicted molar refractivity (Wildman–Crippen MR) is 138 cm³/mol. The Morgan fingerprint density at radius 3 is 2.51 bits per heavy atom. The number of fused-ring (bicyclic) bond motifs is 1. The molecule has 7 rings (SSSR count). The van der Waals surface area contributed by atoms with E-state index in [0.29, 0.717) is 19.1 Å². The summed E-state index contributed by atoms with van der Waals surface area (Å²) >= 11 is 0. The van der Waals surface area contributed by atoms with Crippen LogP contribution < -0.4 is 10.1 Å². The summed E-state index contributed by atoms with van der Waals surface area (Å²) in [6.07, 6.45) is 8.15. The largest absolute Gasteiger partial charge is 0.491 e. The van der Waals surface area contributed by atoms with Crippen LogP contribution in [-0.4, -0.2) is 28.6 Å². The average Bonchev–Trinajstić information content (AvgIpc) is 3.18. The monoisotopic (exact) mass is 471 g/mol. The van der Waals surface area contributed by atoms with Gasteiger partial charge in [0.25, 0.3) is 0 Å². The van der Waals surface area contributed by atoms with Gasteiger partial charge in [0.15, 0.2) is 0 Å². The van der Waals surface area contributed by atoms with E-state index in [9.17, 15) is 4.79 Å². The quantitative estimate of drug-likeness (QED) is 0.465. The third-order valence-electron chi connectivity index (χ3n) is 8.80. The molecule has 35 heavy (non-hydrogen) atoms. The molecule has 1 N–H and O–H groups in total. The number of hydrogen-bond acceptors (Lipinski definition) is 3. The van der Waals surface area contributed by atoms with Crippen molar-refractivity contribution in [2.75, 3.05) is 13.2 Å². The van der Waals surface area contributed by atoms with Crippen molar-refractivity contribution in [1.82, 2.24) is 14.9 Å². The summed E-state index contributed by atoms with van der Waals surface area (Å²) in [5.74, 6) is 4.62. The second-order valence-corrected chi connectivity index (χ2v) is 11.5. The molecular formula is C30H37N3O2.